The van der Waals surface area contributed by atoms with Crippen LogP contribution >= 0.6 is 11.3 Å². The van der Waals surface area contributed by atoms with Crippen molar-refractivity contribution in [2.75, 3.05) is 17.2 Å². The van der Waals surface area contributed by atoms with Crippen LogP contribution in [0.25, 0.3) is 10.9 Å². The van der Waals surface area contributed by atoms with Gasteiger partial charge in [-0.25, -0.2) is 4.98 Å². The molecule has 0 saturated carbocycles. The zero-order chi connectivity index (χ0) is 14.5. The van der Waals surface area contributed by atoms with Crippen LogP contribution in [0.15, 0.2) is 41.8 Å². The first-order chi connectivity index (χ1) is 10.4. The van der Waals surface area contributed by atoms with Gasteiger partial charge in [-0.2, -0.15) is 4.98 Å². The summed E-state index contributed by atoms with van der Waals surface area (Å²) in [5, 5.41) is 9.83. The van der Waals surface area contributed by atoms with Gasteiger partial charge in [-0.3, -0.25) is 0 Å². The highest BCUT2D eigenvalue weighted by Crippen LogP contribution is 2.23. The van der Waals surface area contributed by atoms with Crippen molar-refractivity contribution in [3.8, 4) is 0 Å². The molecule has 108 valence electrons. The number of nitrogens with one attached hydrogen (secondary N) is 2. The number of anilines is 2. The highest BCUT2D eigenvalue weighted by atomic mass is 32.1. The minimum atomic E-state index is 0.684. The summed E-state index contributed by atoms with van der Waals surface area (Å²) in [6.07, 6.45) is 1.05. The number of nitrogens with zero attached hydrogens (tertiary/aromatic N) is 2. The third kappa shape index (κ3) is 3.31. The highest BCUT2D eigenvalue weighted by molar-refractivity contribution is 7.09. The van der Waals surface area contributed by atoms with Crippen LogP contribution in [0.1, 0.15) is 18.2 Å². The van der Waals surface area contributed by atoms with Crippen LogP contribution in [0.3, 0.4) is 0 Å². The molecule has 2 aromatic heterocycles. The van der Waals surface area contributed by atoms with Crippen LogP contribution in [-0.2, 0) is 6.54 Å². The van der Waals surface area contributed by atoms with Gasteiger partial charge >= 0.3 is 0 Å². The van der Waals surface area contributed by atoms with E-state index in [4.69, 9.17) is 0 Å². The van der Waals surface area contributed by atoms with Crippen LogP contribution in [0.2, 0.25) is 0 Å². The van der Waals surface area contributed by atoms with E-state index in [1.54, 1.807) is 11.3 Å². The molecule has 0 aliphatic heterocycles. The first kappa shape index (κ1) is 13.8. The van der Waals surface area contributed by atoms with Crippen LogP contribution < -0.4 is 10.6 Å². The molecule has 2 heterocycles. The fourth-order valence-corrected chi connectivity index (χ4v) is 2.76. The highest BCUT2D eigenvalue weighted by Gasteiger charge is 2.07. The van der Waals surface area contributed by atoms with Gasteiger partial charge in [-0.05, 0) is 30.0 Å². The third-order valence-electron chi connectivity index (χ3n) is 3.15. The lowest BCUT2D eigenvalue weighted by atomic mass is 10.2. The molecular formula is C16H18N4S. The van der Waals surface area contributed by atoms with Gasteiger partial charge in [0.05, 0.1) is 12.1 Å². The Bertz CT molecular complexity index is 709. The monoisotopic (exact) mass is 298 g/mol. The van der Waals surface area contributed by atoms with Gasteiger partial charge in [-0.15, -0.1) is 11.3 Å². The molecular weight excluding hydrogens is 280 g/mol. The van der Waals surface area contributed by atoms with E-state index in [2.05, 4.69) is 51.1 Å². The van der Waals surface area contributed by atoms with E-state index in [-0.39, 0.29) is 0 Å². The molecule has 4 nitrogen and oxygen atoms in total. The number of benzene rings is 1. The van der Waals surface area contributed by atoms with E-state index in [1.165, 1.54) is 4.88 Å². The van der Waals surface area contributed by atoms with Crippen molar-refractivity contribution in [1.82, 2.24) is 9.97 Å². The quantitative estimate of drug-likeness (QED) is 0.718. The zero-order valence-electron chi connectivity index (χ0n) is 12.0. The molecule has 3 aromatic rings. The van der Waals surface area contributed by atoms with E-state index in [1.807, 2.05) is 18.2 Å². The zero-order valence-corrected chi connectivity index (χ0v) is 12.8. The predicted molar refractivity (Wildman–Crippen MR) is 90.0 cm³/mol. The van der Waals surface area contributed by atoms with Gasteiger partial charge in [0.15, 0.2) is 0 Å². The van der Waals surface area contributed by atoms with Crippen LogP contribution in [-0.4, -0.2) is 16.5 Å². The number of aromatic nitrogens is 2. The molecule has 0 aliphatic carbocycles. The fraction of sp³-hybridized carbons (Fsp3) is 0.250. The number of fused-ring (bicyclic) bond motifs is 1. The summed E-state index contributed by atoms with van der Waals surface area (Å²) in [6.45, 7) is 3.79. The van der Waals surface area contributed by atoms with E-state index < -0.39 is 0 Å². The van der Waals surface area contributed by atoms with Gasteiger partial charge in [0.2, 0.25) is 5.95 Å². The van der Waals surface area contributed by atoms with Crippen molar-refractivity contribution >= 4 is 34.0 Å². The molecule has 0 radical (unpaired) electrons. The molecule has 0 bridgehead atoms. The van der Waals surface area contributed by atoms with E-state index in [9.17, 15) is 0 Å². The Kier molecular flexibility index (Phi) is 4.31. The topological polar surface area (TPSA) is 49.8 Å². The first-order valence-corrected chi connectivity index (χ1v) is 8.01. The van der Waals surface area contributed by atoms with Gasteiger partial charge in [0.25, 0.3) is 0 Å². The predicted octanol–water partition coefficient (Wildman–Crippen LogP) is 4.13. The normalized spacial score (nSPS) is 10.7. The lowest BCUT2D eigenvalue weighted by molar-refractivity contribution is 0.956. The SMILES string of the molecule is CCCNc1nc(NCc2cccs2)c2ccccc2n1. The largest absolute Gasteiger partial charge is 0.364 e. The summed E-state index contributed by atoms with van der Waals surface area (Å²) >= 11 is 1.74. The summed E-state index contributed by atoms with van der Waals surface area (Å²) in [7, 11) is 0. The average Bonchev–Trinajstić information content (AvgIpc) is 3.04. The Hall–Kier alpha value is -2.14. The number of hydrogen-bond donors (Lipinski definition) is 2. The lowest BCUT2D eigenvalue weighted by Crippen LogP contribution is -2.08. The van der Waals surface area contributed by atoms with Crippen molar-refractivity contribution < 1.29 is 0 Å². The number of hydrogen-bond acceptors (Lipinski definition) is 5. The Morgan fingerprint density at radius 2 is 1.95 bits per heavy atom. The molecule has 0 aliphatic rings. The van der Waals surface area contributed by atoms with Gasteiger partial charge in [0, 0.05) is 16.8 Å². The standard InChI is InChI=1S/C16H18N4S/c1-2-9-17-16-19-14-8-4-3-7-13(14)15(20-16)18-11-12-6-5-10-21-12/h3-8,10H,2,9,11H2,1H3,(H2,17,18,19,20). The summed E-state index contributed by atoms with van der Waals surface area (Å²) in [5.41, 5.74) is 0.958. The maximum absolute atomic E-state index is 4.61. The van der Waals surface area contributed by atoms with E-state index in [0.29, 0.717) is 5.95 Å². The fourth-order valence-electron chi connectivity index (χ4n) is 2.11. The third-order valence-corrected chi connectivity index (χ3v) is 4.02. The molecule has 0 unspecified atom stereocenters. The molecule has 2 N–H and O–H groups in total. The second kappa shape index (κ2) is 6.54. The number of rotatable bonds is 6. The maximum atomic E-state index is 4.61. The van der Waals surface area contributed by atoms with Crippen LogP contribution in [0, 0.1) is 0 Å². The van der Waals surface area contributed by atoms with Crippen LogP contribution in [0.4, 0.5) is 11.8 Å². The molecule has 1 aromatic carbocycles. The Balaban J connectivity index is 1.90. The van der Waals surface area contributed by atoms with Crippen molar-refractivity contribution in [3.05, 3.63) is 46.7 Å². The van der Waals surface area contributed by atoms with Gasteiger partial charge in [-0.1, -0.05) is 25.1 Å². The average molecular weight is 298 g/mol. The van der Waals surface area contributed by atoms with Crippen molar-refractivity contribution in [1.29, 1.82) is 0 Å². The molecule has 0 atom stereocenters. The minimum Gasteiger partial charge on any atom is -0.364 e. The van der Waals surface area contributed by atoms with E-state index >= 15 is 0 Å². The molecule has 3 rings (SSSR count). The Labute approximate surface area is 128 Å². The molecule has 0 amide bonds. The van der Waals surface area contributed by atoms with Crippen LogP contribution in [0.5, 0.6) is 0 Å². The van der Waals surface area contributed by atoms with Crippen molar-refractivity contribution in [2.24, 2.45) is 0 Å². The van der Waals surface area contributed by atoms with Crippen molar-refractivity contribution in [3.63, 3.8) is 0 Å². The smallest absolute Gasteiger partial charge is 0.225 e. The maximum Gasteiger partial charge on any atom is 0.225 e. The summed E-state index contributed by atoms with van der Waals surface area (Å²) in [6, 6.07) is 12.3. The first-order valence-electron chi connectivity index (χ1n) is 7.13. The van der Waals surface area contributed by atoms with E-state index in [0.717, 1.165) is 36.2 Å². The number of para-hydroxylation sites is 1. The second-order valence-electron chi connectivity index (χ2n) is 4.77. The lowest BCUT2D eigenvalue weighted by Gasteiger charge is -2.11. The molecule has 21 heavy (non-hydrogen) atoms. The van der Waals surface area contributed by atoms with Gasteiger partial charge in [0.1, 0.15) is 5.82 Å². The second-order valence-corrected chi connectivity index (χ2v) is 5.80. The molecule has 0 spiro atoms. The van der Waals surface area contributed by atoms with Gasteiger partial charge < -0.3 is 10.6 Å². The summed E-state index contributed by atoms with van der Waals surface area (Å²) < 4.78 is 0. The molecule has 5 heteroatoms. The van der Waals surface area contributed by atoms with Crippen molar-refractivity contribution in [2.45, 2.75) is 19.9 Å². The molecule has 0 fully saturated rings. The number of thiophene rings is 1. The Morgan fingerprint density at radius 1 is 1.05 bits per heavy atom. The minimum absolute atomic E-state index is 0.684. The summed E-state index contributed by atoms with van der Waals surface area (Å²) in [4.78, 5) is 10.5. The molecule has 0 saturated heterocycles. The summed E-state index contributed by atoms with van der Waals surface area (Å²) in [5.74, 6) is 1.57. The Morgan fingerprint density at radius 3 is 2.76 bits per heavy atom.